The van der Waals surface area contributed by atoms with Crippen LogP contribution in [0.2, 0.25) is 0 Å². The number of carbonyl (C=O) groups excluding carboxylic acids is 1. The highest BCUT2D eigenvalue weighted by Gasteiger charge is 2.26. The van der Waals surface area contributed by atoms with Crippen molar-refractivity contribution in [2.75, 3.05) is 33.9 Å². The normalized spacial score (nSPS) is 15.1. The maximum atomic E-state index is 13.1. The molecular formula is C25H28N2O3. The van der Waals surface area contributed by atoms with Gasteiger partial charge in [0.05, 0.1) is 20.3 Å². The van der Waals surface area contributed by atoms with Crippen LogP contribution >= 0.6 is 0 Å². The third-order valence-corrected chi connectivity index (χ3v) is 5.87. The summed E-state index contributed by atoms with van der Waals surface area (Å²) in [5.41, 5.74) is 1.68. The van der Waals surface area contributed by atoms with Crippen LogP contribution in [0, 0.1) is 0 Å². The molecule has 1 amide bonds. The molecule has 1 fully saturated rings. The van der Waals surface area contributed by atoms with Gasteiger partial charge in [0, 0.05) is 6.54 Å². The summed E-state index contributed by atoms with van der Waals surface area (Å²) < 4.78 is 10.8. The average Bonchev–Trinajstić information content (AvgIpc) is 3.33. The highest BCUT2D eigenvalue weighted by molar-refractivity contribution is 5.99. The van der Waals surface area contributed by atoms with Gasteiger partial charge in [0.1, 0.15) is 17.1 Å². The fourth-order valence-electron chi connectivity index (χ4n) is 4.38. The van der Waals surface area contributed by atoms with Gasteiger partial charge in [-0.3, -0.25) is 9.69 Å². The molecule has 0 spiro atoms. The van der Waals surface area contributed by atoms with Crippen molar-refractivity contribution in [3.8, 4) is 11.5 Å². The lowest BCUT2D eigenvalue weighted by atomic mass is 9.97. The topological polar surface area (TPSA) is 50.8 Å². The van der Waals surface area contributed by atoms with Crippen LogP contribution in [0.1, 0.15) is 34.8 Å². The molecule has 1 atom stereocenters. The Morgan fingerprint density at radius 2 is 1.57 bits per heavy atom. The Hall–Kier alpha value is -3.05. The Morgan fingerprint density at radius 1 is 0.933 bits per heavy atom. The predicted octanol–water partition coefficient (Wildman–Crippen LogP) is 4.42. The predicted molar refractivity (Wildman–Crippen MR) is 119 cm³/mol. The fraction of sp³-hybridized carbons (Fsp3) is 0.320. The Morgan fingerprint density at radius 3 is 2.27 bits per heavy atom. The lowest BCUT2D eigenvalue weighted by Gasteiger charge is -2.29. The van der Waals surface area contributed by atoms with Crippen LogP contribution in [0.4, 0.5) is 0 Å². The molecule has 0 bridgehead atoms. The summed E-state index contributed by atoms with van der Waals surface area (Å²) >= 11 is 0. The smallest absolute Gasteiger partial charge is 0.258 e. The van der Waals surface area contributed by atoms with Gasteiger partial charge >= 0.3 is 0 Å². The van der Waals surface area contributed by atoms with E-state index in [9.17, 15) is 4.79 Å². The van der Waals surface area contributed by atoms with Crippen LogP contribution in [-0.2, 0) is 0 Å². The molecule has 5 heteroatoms. The minimum absolute atomic E-state index is 0.114. The number of fused-ring (bicyclic) bond motifs is 1. The molecule has 0 aromatic heterocycles. The largest absolute Gasteiger partial charge is 0.496 e. The standard InChI is InChI=1S/C25H28N2O3/c1-29-22-13-8-14-23(30-2)24(22)25(28)26-17-21(27-15-5-6-16-27)20-12-7-10-18-9-3-4-11-19(18)20/h3-4,7-14,21H,5-6,15-17H2,1-2H3,(H,26,28)/t21-/m1/s1. The first kappa shape index (κ1) is 20.2. The van der Waals surface area contributed by atoms with E-state index in [1.807, 2.05) is 6.07 Å². The van der Waals surface area contributed by atoms with Gasteiger partial charge in [-0.2, -0.15) is 0 Å². The van der Waals surface area contributed by atoms with Crippen LogP contribution in [-0.4, -0.2) is 44.7 Å². The first-order valence-electron chi connectivity index (χ1n) is 10.4. The molecule has 0 unspecified atom stereocenters. The van der Waals surface area contributed by atoms with Crippen LogP contribution < -0.4 is 14.8 Å². The van der Waals surface area contributed by atoms with E-state index in [1.54, 1.807) is 26.4 Å². The number of ether oxygens (including phenoxy) is 2. The Balaban J connectivity index is 1.64. The number of likely N-dealkylation sites (tertiary alicyclic amines) is 1. The van der Waals surface area contributed by atoms with Gasteiger partial charge in [0.2, 0.25) is 0 Å². The molecule has 3 aromatic carbocycles. The van der Waals surface area contributed by atoms with E-state index in [0.717, 1.165) is 13.1 Å². The molecule has 5 nitrogen and oxygen atoms in total. The van der Waals surface area contributed by atoms with Crippen molar-refractivity contribution in [2.24, 2.45) is 0 Å². The quantitative estimate of drug-likeness (QED) is 0.633. The maximum absolute atomic E-state index is 13.1. The average molecular weight is 405 g/mol. The number of hydrogen-bond donors (Lipinski definition) is 1. The minimum Gasteiger partial charge on any atom is -0.496 e. The van der Waals surface area contributed by atoms with Crippen molar-refractivity contribution in [3.05, 3.63) is 71.8 Å². The van der Waals surface area contributed by atoms with E-state index in [2.05, 4.69) is 52.7 Å². The number of nitrogens with zero attached hydrogens (tertiary/aromatic N) is 1. The van der Waals surface area contributed by atoms with Crippen molar-refractivity contribution in [1.82, 2.24) is 10.2 Å². The van der Waals surface area contributed by atoms with E-state index < -0.39 is 0 Å². The summed E-state index contributed by atoms with van der Waals surface area (Å²) in [5, 5.41) is 5.60. The highest BCUT2D eigenvalue weighted by Crippen LogP contribution is 2.32. The summed E-state index contributed by atoms with van der Waals surface area (Å²) in [5.74, 6) is 0.832. The Kier molecular flexibility index (Phi) is 6.19. The molecule has 1 aliphatic rings. The second-order valence-electron chi connectivity index (χ2n) is 7.57. The molecular weight excluding hydrogens is 376 g/mol. The summed E-state index contributed by atoms with van der Waals surface area (Å²) in [4.78, 5) is 15.6. The van der Waals surface area contributed by atoms with E-state index in [0.29, 0.717) is 23.6 Å². The van der Waals surface area contributed by atoms with E-state index in [-0.39, 0.29) is 11.9 Å². The molecule has 0 aliphatic carbocycles. The number of methoxy groups -OCH3 is 2. The third-order valence-electron chi connectivity index (χ3n) is 5.87. The molecule has 1 aliphatic heterocycles. The Bertz CT molecular complexity index is 1000. The van der Waals surface area contributed by atoms with Gasteiger partial charge < -0.3 is 14.8 Å². The van der Waals surface area contributed by atoms with Crippen molar-refractivity contribution < 1.29 is 14.3 Å². The molecule has 156 valence electrons. The van der Waals surface area contributed by atoms with Crippen molar-refractivity contribution in [3.63, 3.8) is 0 Å². The summed E-state index contributed by atoms with van der Waals surface area (Å²) in [7, 11) is 3.13. The zero-order valence-corrected chi connectivity index (χ0v) is 17.6. The molecule has 0 saturated carbocycles. The van der Waals surface area contributed by atoms with E-state index in [1.165, 1.54) is 29.2 Å². The van der Waals surface area contributed by atoms with Gasteiger partial charge in [-0.25, -0.2) is 0 Å². The van der Waals surface area contributed by atoms with Crippen LogP contribution in [0.15, 0.2) is 60.7 Å². The van der Waals surface area contributed by atoms with Gasteiger partial charge in [0.15, 0.2) is 0 Å². The van der Waals surface area contributed by atoms with Crippen molar-refractivity contribution in [1.29, 1.82) is 0 Å². The number of rotatable bonds is 7. The third kappa shape index (κ3) is 3.98. The molecule has 30 heavy (non-hydrogen) atoms. The van der Waals surface area contributed by atoms with Crippen LogP contribution in [0.3, 0.4) is 0 Å². The highest BCUT2D eigenvalue weighted by atomic mass is 16.5. The summed E-state index contributed by atoms with van der Waals surface area (Å²) in [6.45, 7) is 2.61. The molecule has 1 N–H and O–H groups in total. The fourth-order valence-corrected chi connectivity index (χ4v) is 4.38. The molecule has 3 aromatic rings. The summed E-state index contributed by atoms with van der Waals surface area (Å²) in [6.07, 6.45) is 2.38. The second kappa shape index (κ2) is 9.18. The number of carbonyl (C=O) groups is 1. The van der Waals surface area contributed by atoms with Crippen molar-refractivity contribution >= 4 is 16.7 Å². The number of benzene rings is 3. The zero-order chi connectivity index (χ0) is 20.9. The van der Waals surface area contributed by atoms with Gasteiger partial charge in [-0.15, -0.1) is 0 Å². The monoisotopic (exact) mass is 404 g/mol. The number of amides is 1. The first-order valence-corrected chi connectivity index (χ1v) is 10.4. The van der Waals surface area contributed by atoms with Crippen LogP contribution in [0.5, 0.6) is 11.5 Å². The Labute approximate surface area is 177 Å². The lowest BCUT2D eigenvalue weighted by Crippen LogP contribution is -2.37. The van der Waals surface area contributed by atoms with E-state index >= 15 is 0 Å². The summed E-state index contributed by atoms with van der Waals surface area (Å²) in [6, 6.07) is 20.3. The van der Waals surface area contributed by atoms with E-state index in [4.69, 9.17) is 9.47 Å². The zero-order valence-electron chi connectivity index (χ0n) is 17.6. The molecule has 4 rings (SSSR count). The number of hydrogen-bond acceptors (Lipinski definition) is 4. The lowest BCUT2D eigenvalue weighted by molar-refractivity contribution is 0.0932. The van der Waals surface area contributed by atoms with Gasteiger partial charge in [-0.1, -0.05) is 48.5 Å². The van der Waals surface area contributed by atoms with Gasteiger partial charge in [-0.05, 0) is 54.4 Å². The second-order valence-corrected chi connectivity index (χ2v) is 7.57. The molecule has 1 saturated heterocycles. The maximum Gasteiger partial charge on any atom is 0.258 e. The molecule has 0 radical (unpaired) electrons. The molecule has 1 heterocycles. The SMILES string of the molecule is COc1cccc(OC)c1C(=O)NC[C@H](c1cccc2ccccc12)N1CCCC1. The van der Waals surface area contributed by atoms with Crippen molar-refractivity contribution in [2.45, 2.75) is 18.9 Å². The number of nitrogens with one attached hydrogen (secondary N) is 1. The van der Waals surface area contributed by atoms with Crippen LogP contribution in [0.25, 0.3) is 10.8 Å². The van der Waals surface area contributed by atoms with Gasteiger partial charge in [0.25, 0.3) is 5.91 Å². The minimum atomic E-state index is -0.186. The first-order chi connectivity index (χ1) is 14.7.